The third-order valence-corrected chi connectivity index (χ3v) is 1.69. The Bertz CT molecular complexity index is 274. The summed E-state index contributed by atoms with van der Waals surface area (Å²) in [5.74, 6) is 0.318. The molecule has 1 aromatic heterocycles. The second-order valence-electron chi connectivity index (χ2n) is 2.89. The van der Waals surface area contributed by atoms with Crippen LogP contribution >= 0.6 is 0 Å². The van der Waals surface area contributed by atoms with Crippen molar-refractivity contribution in [1.82, 2.24) is 25.9 Å². The van der Waals surface area contributed by atoms with Crippen LogP contribution in [0.2, 0.25) is 0 Å². The molecule has 7 nitrogen and oxygen atoms in total. The Labute approximate surface area is 80.9 Å². The van der Waals surface area contributed by atoms with E-state index in [-0.39, 0.29) is 18.6 Å². The molecule has 0 aliphatic rings. The van der Waals surface area contributed by atoms with Gasteiger partial charge in [-0.05, 0) is 13.3 Å². The first-order chi connectivity index (χ1) is 6.74. The van der Waals surface area contributed by atoms with Crippen LogP contribution in [0.15, 0.2) is 0 Å². The highest BCUT2D eigenvalue weighted by Crippen LogP contribution is 2.03. The molecule has 1 rings (SSSR count). The summed E-state index contributed by atoms with van der Waals surface area (Å²) in [6.45, 7) is 1.78. The van der Waals surface area contributed by atoms with Crippen LogP contribution in [0.4, 0.5) is 0 Å². The van der Waals surface area contributed by atoms with Crippen molar-refractivity contribution in [2.75, 3.05) is 6.61 Å². The SMILES string of the molecule is CC(NC(=O)CCCO)c1nn[nH]n1. The van der Waals surface area contributed by atoms with E-state index in [2.05, 4.69) is 25.9 Å². The van der Waals surface area contributed by atoms with E-state index >= 15 is 0 Å². The lowest BCUT2D eigenvalue weighted by Gasteiger charge is -2.08. The lowest BCUT2D eigenvalue weighted by atomic mass is 10.2. The molecule has 14 heavy (non-hydrogen) atoms. The number of H-pyrrole nitrogens is 1. The van der Waals surface area contributed by atoms with E-state index in [1.54, 1.807) is 6.92 Å². The molecule has 0 fully saturated rings. The van der Waals surface area contributed by atoms with E-state index in [4.69, 9.17) is 5.11 Å². The van der Waals surface area contributed by atoms with Gasteiger partial charge in [0.1, 0.15) is 0 Å². The highest BCUT2D eigenvalue weighted by Gasteiger charge is 2.12. The number of tetrazole rings is 1. The predicted molar refractivity (Wildman–Crippen MR) is 47.1 cm³/mol. The lowest BCUT2D eigenvalue weighted by molar-refractivity contribution is -0.122. The number of aliphatic hydroxyl groups is 1. The summed E-state index contributed by atoms with van der Waals surface area (Å²) in [4.78, 5) is 11.2. The van der Waals surface area contributed by atoms with Gasteiger partial charge in [-0.2, -0.15) is 5.21 Å². The van der Waals surface area contributed by atoms with Crippen LogP contribution < -0.4 is 5.32 Å². The highest BCUT2D eigenvalue weighted by atomic mass is 16.3. The first-order valence-corrected chi connectivity index (χ1v) is 4.37. The number of nitrogens with one attached hydrogen (secondary N) is 2. The number of hydrogen-bond donors (Lipinski definition) is 3. The Morgan fingerprint density at radius 2 is 2.50 bits per heavy atom. The van der Waals surface area contributed by atoms with Gasteiger partial charge in [-0.1, -0.05) is 5.21 Å². The second kappa shape index (κ2) is 5.28. The summed E-state index contributed by atoms with van der Waals surface area (Å²) >= 11 is 0. The van der Waals surface area contributed by atoms with Crippen molar-refractivity contribution < 1.29 is 9.90 Å². The van der Waals surface area contributed by atoms with Crippen molar-refractivity contribution in [3.05, 3.63) is 5.82 Å². The van der Waals surface area contributed by atoms with Crippen LogP contribution in [0, 0.1) is 0 Å². The molecule has 1 atom stereocenters. The van der Waals surface area contributed by atoms with Gasteiger partial charge in [0.2, 0.25) is 5.91 Å². The van der Waals surface area contributed by atoms with Crippen LogP contribution in [0.1, 0.15) is 31.6 Å². The molecular formula is C7H13N5O2. The summed E-state index contributed by atoms with van der Waals surface area (Å²) in [5.41, 5.74) is 0. The van der Waals surface area contributed by atoms with E-state index in [9.17, 15) is 4.79 Å². The summed E-state index contributed by atoms with van der Waals surface area (Å²) in [6, 6.07) is -0.264. The zero-order valence-corrected chi connectivity index (χ0v) is 7.90. The number of hydrogen-bond acceptors (Lipinski definition) is 5. The van der Waals surface area contributed by atoms with Gasteiger partial charge in [0.25, 0.3) is 0 Å². The van der Waals surface area contributed by atoms with Crippen LogP contribution in [0.3, 0.4) is 0 Å². The Hall–Kier alpha value is -1.50. The zero-order chi connectivity index (χ0) is 10.4. The third kappa shape index (κ3) is 3.09. The Morgan fingerprint density at radius 3 is 3.07 bits per heavy atom. The first kappa shape index (κ1) is 10.6. The normalized spacial score (nSPS) is 12.4. The molecule has 0 spiro atoms. The van der Waals surface area contributed by atoms with Crippen LogP contribution in [-0.2, 0) is 4.79 Å². The summed E-state index contributed by atoms with van der Waals surface area (Å²) in [7, 11) is 0. The summed E-state index contributed by atoms with van der Waals surface area (Å²) in [6.07, 6.45) is 0.767. The number of aromatic nitrogens is 4. The van der Waals surface area contributed by atoms with Gasteiger partial charge in [-0.15, -0.1) is 10.2 Å². The molecule has 7 heteroatoms. The average Bonchev–Trinajstić information content (AvgIpc) is 2.67. The molecule has 0 bridgehead atoms. The van der Waals surface area contributed by atoms with Gasteiger partial charge < -0.3 is 10.4 Å². The van der Waals surface area contributed by atoms with E-state index in [0.717, 1.165) is 0 Å². The molecule has 0 radical (unpaired) electrons. The minimum Gasteiger partial charge on any atom is -0.396 e. The molecule has 3 N–H and O–H groups in total. The van der Waals surface area contributed by atoms with Gasteiger partial charge in [0.05, 0.1) is 6.04 Å². The standard InChI is InChI=1S/C7H13N5O2/c1-5(7-9-11-12-10-7)8-6(14)3-2-4-13/h5,13H,2-4H2,1H3,(H,8,14)(H,9,10,11,12). The molecule has 0 aliphatic heterocycles. The molecule has 78 valence electrons. The smallest absolute Gasteiger partial charge is 0.220 e. The number of rotatable bonds is 5. The van der Waals surface area contributed by atoms with Gasteiger partial charge in [-0.25, -0.2) is 0 Å². The Morgan fingerprint density at radius 1 is 1.71 bits per heavy atom. The maximum atomic E-state index is 11.2. The van der Waals surface area contributed by atoms with Crippen molar-refractivity contribution in [1.29, 1.82) is 0 Å². The Balaban J connectivity index is 2.33. The predicted octanol–water partition coefficient (Wildman–Crippen LogP) is -0.851. The first-order valence-electron chi connectivity index (χ1n) is 4.37. The number of aromatic amines is 1. The average molecular weight is 199 g/mol. The van der Waals surface area contributed by atoms with E-state index in [1.165, 1.54) is 0 Å². The number of amides is 1. The topological polar surface area (TPSA) is 104 Å². The molecule has 0 saturated heterocycles. The highest BCUT2D eigenvalue weighted by molar-refractivity contribution is 5.76. The van der Waals surface area contributed by atoms with Crippen LogP contribution in [0.5, 0.6) is 0 Å². The largest absolute Gasteiger partial charge is 0.396 e. The molecule has 0 saturated carbocycles. The van der Waals surface area contributed by atoms with Crippen molar-refractivity contribution in [2.45, 2.75) is 25.8 Å². The van der Waals surface area contributed by atoms with Gasteiger partial charge in [-0.3, -0.25) is 4.79 Å². The second-order valence-corrected chi connectivity index (χ2v) is 2.89. The molecule has 0 aliphatic carbocycles. The fourth-order valence-corrected chi connectivity index (χ4v) is 0.971. The quantitative estimate of drug-likeness (QED) is 0.573. The number of carbonyl (C=O) groups excluding carboxylic acids is 1. The molecule has 1 unspecified atom stereocenters. The lowest BCUT2D eigenvalue weighted by Crippen LogP contribution is -2.27. The maximum absolute atomic E-state index is 11.2. The zero-order valence-electron chi connectivity index (χ0n) is 7.90. The molecule has 0 aromatic carbocycles. The van der Waals surface area contributed by atoms with Crippen molar-refractivity contribution in [3.63, 3.8) is 0 Å². The van der Waals surface area contributed by atoms with Crippen molar-refractivity contribution in [3.8, 4) is 0 Å². The van der Waals surface area contributed by atoms with Gasteiger partial charge in [0.15, 0.2) is 5.82 Å². The Kier molecular flexibility index (Phi) is 3.99. The van der Waals surface area contributed by atoms with Gasteiger partial charge >= 0.3 is 0 Å². The maximum Gasteiger partial charge on any atom is 0.220 e. The van der Waals surface area contributed by atoms with Crippen molar-refractivity contribution in [2.24, 2.45) is 0 Å². The van der Waals surface area contributed by atoms with Crippen molar-refractivity contribution >= 4 is 5.91 Å². The van der Waals surface area contributed by atoms with E-state index in [0.29, 0.717) is 18.7 Å². The van der Waals surface area contributed by atoms with Gasteiger partial charge in [0, 0.05) is 13.0 Å². The third-order valence-electron chi connectivity index (χ3n) is 1.69. The molecule has 1 aromatic rings. The summed E-state index contributed by atoms with van der Waals surface area (Å²) < 4.78 is 0. The minimum absolute atomic E-state index is 0.0179. The van der Waals surface area contributed by atoms with Crippen LogP contribution in [-0.4, -0.2) is 38.2 Å². The number of carbonyl (C=O) groups is 1. The van der Waals surface area contributed by atoms with E-state index in [1.807, 2.05) is 0 Å². The minimum atomic E-state index is -0.264. The van der Waals surface area contributed by atoms with E-state index < -0.39 is 0 Å². The van der Waals surface area contributed by atoms with Crippen LogP contribution in [0.25, 0.3) is 0 Å². The fourth-order valence-electron chi connectivity index (χ4n) is 0.971. The molecule has 1 heterocycles. The fraction of sp³-hybridized carbons (Fsp3) is 0.714. The molecule has 1 amide bonds. The number of nitrogens with zero attached hydrogens (tertiary/aromatic N) is 3. The monoisotopic (exact) mass is 199 g/mol. The summed E-state index contributed by atoms with van der Waals surface area (Å²) in [5, 5.41) is 24.4. The number of aliphatic hydroxyl groups excluding tert-OH is 1. The molecular weight excluding hydrogens is 186 g/mol.